The number of rotatable bonds is 3. The summed E-state index contributed by atoms with van der Waals surface area (Å²) in [6, 6.07) is 20.4. The summed E-state index contributed by atoms with van der Waals surface area (Å²) >= 11 is 6.88. The predicted octanol–water partition coefficient (Wildman–Crippen LogP) is 6.27. The van der Waals surface area contributed by atoms with E-state index in [0.29, 0.717) is 28.2 Å². The number of aromatic nitrogens is 1. The lowest BCUT2D eigenvalue weighted by molar-refractivity contribution is 0.102. The van der Waals surface area contributed by atoms with E-state index in [-0.39, 0.29) is 5.91 Å². The third kappa shape index (κ3) is 3.43. The molecule has 0 aliphatic rings. The third-order valence-corrected chi connectivity index (χ3v) is 5.02. The van der Waals surface area contributed by atoms with Crippen molar-refractivity contribution in [2.24, 2.45) is 0 Å². The second-order valence-corrected chi connectivity index (χ2v) is 7.42. The van der Waals surface area contributed by atoms with E-state index in [0.717, 1.165) is 14.5 Å². The number of halogens is 2. The predicted molar refractivity (Wildman–Crippen MR) is 109 cm³/mol. The Kier molecular flexibility index (Phi) is 4.61. The minimum atomic E-state index is -0.180. The zero-order chi connectivity index (χ0) is 18.1. The summed E-state index contributed by atoms with van der Waals surface area (Å²) in [6.07, 6.45) is 0. The maximum absolute atomic E-state index is 12.4. The molecule has 3 aromatic carbocycles. The highest BCUT2D eigenvalue weighted by molar-refractivity contribution is 9.10. The van der Waals surface area contributed by atoms with Gasteiger partial charge in [0.25, 0.3) is 5.91 Å². The average molecular weight is 472 g/mol. The van der Waals surface area contributed by atoms with Crippen molar-refractivity contribution < 1.29 is 9.21 Å². The number of oxazole rings is 1. The number of hydrogen-bond acceptors (Lipinski definition) is 3. The fourth-order valence-electron chi connectivity index (χ4n) is 2.59. The molecular formula is C20H12Br2N2O2. The van der Waals surface area contributed by atoms with Crippen molar-refractivity contribution in [1.82, 2.24) is 4.98 Å². The van der Waals surface area contributed by atoms with Crippen LogP contribution in [0.15, 0.2) is 80.1 Å². The molecule has 0 bridgehead atoms. The summed E-state index contributed by atoms with van der Waals surface area (Å²) in [5.41, 5.74) is 3.46. The summed E-state index contributed by atoms with van der Waals surface area (Å²) in [5.74, 6) is 0.350. The molecule has 0 atom stereocenters. The number of anilines is 1. The maximum Gasteiger partial charge on any atom is 0.255 e. The Morgan fingerprint density at radius 1 is 0.962 bits per heavy atom. The zero-order valence-electron chi connectivity index (χ0n) is 13.4. The van der Waals surface area contributed by atoms with Gasteiger partial charge in [0.05, 0.1) is 5.56 Å². The number of carbonyl (C=O) groups excluding carboxylic acids is 1. The molecule has 1 heterocycles. The van der Waals surface area contributed by atoms with E-state index in [1.54, 1.807) is 30.3 Å². The van der Waals surface area contributed by atoms with Crippen LogP contribution in [-0.2, 0) is 0 Å². The van der Waals surface area contributed by atoms with Gasteiger partial charge in [0.1, 0.15) is 5.52 Å². The molecule has 0 aliphatic heterocycles. The number of benzene rings is 3. The lowest BCUT2D eigenvalue weighted by atomic mass is 10.2. The summed E-state index contributed by atoms with van der Waals surface area (Å²) in [4.78, 5) is 16.9. The minimum absolute atomic E-state index is 0.180. The molecule has 0 unspecified atom stereocenters. The van der Waals surface area contributed by atoms with Crippen LogP contribution in [0.5, 0.6) is 0 Å². The Morgan fingerprint density at radius 2 is 1.81 bits per heavy atom. The molecule has 0 saturated heterocycles. The molecule has 0 spiro atoms. The van der Waals surface area contributed by atoms with E-state index in [9.17, 15) is 4.79 Å². The van der Waals surface area contributed by atoms with E-state index in [4.69, 9.17) is 4.42 Å². The van der Waals surface area contributed by atoms with Crippen molar-refractivity contribution in [3.05, 3.63) is 81.2 Å². The summed E-state index contributed by atoms with van der Waals surface area (Å²) in [7, 11) is 0. The molecule has 4 rings (SSSR count). The van der Waals surface area contributed by atoms with Crippen LogP contribution < -0.4 is 5.32 Å². The van der Waals surface area contributed by atoms with E-state index in [2.05, 4.69) is 42.2 Å². The molecule has 6 heteroatoms. The normalized spacial score (nSPS) is 10.8. The molecule has 128 valence electrons. The fraction of sp³-hybridized carbons (Fsp3) is 0. The van der Waals surface area contributed by atoms with Crippen LogP contribution in [0.25, 0.3) is 22.6 Å². The van der Waals surface area contributed by atoms with E-state index in [1.807, 2.05) is 36.4 Å². The van der Waals surface area contributed by atoms with Crippen LogP contribution in [0.3, 0.4) is 0 Å². The van der Waals surface area contributed by atoms with Crippen LogP contribution in [-0.4, -0.2) is 10.9 Å². The monoisotopic (exact) mass is 470 g/mol. The molecule has 0 saturated carbocycles. The second-order valence-electron chi connectivity index (χ2n) is 5.65. The average Bonchev–Trinajstić information content (AvgIpc) is 3.05. The largest absolute Gasteiger partial charge is 0.436 e. The third-order valence-electron chi connectivity index (χ3n) is 3.84. The summed E-state index contributed by atoms with van der Waals surface area (Å²) in [5, 5.41) is 2.89. The van der Waals surface area contributed by atoms with Gasteiger partial charge in [0, 0.05) is 20.2 Å². The van der Waals surface area contributed by atoms with E-state index < -0.39 is 0 Å². The van der Waals surface area contributed by atoms with Gasteiger partial charge in [-0.1, -0.05) is 34.1 Å². The van der Waals surface area contributed by atoms with Crippen LogP contribution in [0.1, 0.15) is 10.4 Å². The molecule has 1 amide bonds. The van der Waals surface area contributed by atoms with Gasteiger partial charge in [-0.05, 0) is 64.5 Å². The Morgan fingerprint density at radius 3 is 2.62 bits per heavy atom. The van der Waals surface area contributed by atoms with Gasteiger partial charge in [-0.3, -0.25) is 4.79 Å². The molecular weight excluding hydrogens is 460 g/mol. The smallest absolute Gasteiger partial charge is 0.255 e. The van der Waals surface area contributed by atoms with Crippen molar-refractivity contribution in [3.8, 4) is 11.5 Å². The number of nitrogens with zero attached hydrogens (tertiary/aromatic N) is 1. The second kappa shape index (κ2) is 7.05. The van der Waals surface area contributed by atoms with Gasteiger partial charge in [0.2, 0.25) is 5.89 Å². The highest BCUT2D eigenvalue weighted by Gasteiger charge is 2.12. The first-order valence-electron chi connectivity index (χ1n) is 7.82. The SMILES string of the molecule is O=C(Nc1ccc2oc(-c3ccccc3Br)nc2c1)c1cccc(Br)c1. The first-order valence-corrected chi connectivity index (χ1v) is 9.41. The highest BCUT2D eigenvalue weighted by atomic mass is 79.9. The topological polar surface area (TPSA) is 55.1 Å². The fourth-order valence-corrected chi connectivity index (χ4v) is 3.44. The molecule has 4 aromatic rings. The Bertz CT molecular complexity index is 1120. The molecule has 0 fully saturated rings. The molecule has 4 nitrogen and oxygen atoms in total. The van der Waals surface area contributed by atoms with Gasteiger partial charge in [-0.15, -0.1) is 0 Å². The Hall–Kier alpha value is -2.44. The van der Waals surface area contributed by atoms with Crippen LogP contribution in [0.2, 0.25) is 0 Å². The lowest BCUT2D eigenvalue weighted by Crippen LogP contribution is -2.11. The Balaban J connectivity index is 1.64. The van der Waals surface area contributed by atoms with Crippen LogP contribution >= 0.6 is 31.9 Å². The first kappa shape index (κ1) is 17.0. The van der Waals surface area contributed by atoms with E-state index in [1.165, 1.54) is 0 Å². The maximum atomic E-state index is 12.4. The number of carbonyl (C=O) groups is 1. The Labute approximate surface area is 166 Å². The molecule has 26 heavy (non-hydrogen) atoms. The van der Waals surface area contributed by atoms with Crippen LogP contribution in [0.4, 0.5) is 5.69 Å². The van der Waals surface area contributed by atoms with Gasteiger partial charge in [-0.25, -0.2) is 4.98 Å². The zero-order valence-corrected chi connectivity index (χ0v) is 16.5. The first-order chi connectivity index (χ1) is 12.6. The van der Waals surface area contributed by atoms with Gasteiger partial charge < -0.3 is 9.73 Å². The lowest BCUT2D eigenvalue weighted by Gasteiger charge is -2.05. The number of amides is 1. The van der Waals surface area contributed by atoms with Crippen molar-refractivity contribution in [2.45, 2.75) is 0 Å². The standard InChI is InChI=1S/C20H12Br2N2O2/c21-13-5-3-4-12(10-13)19(25)23-14-8-9-18-17(11-14)24-20(26-18)15-6-1-2-7-16(15)22/h1-11H,(H,23,25). The van der Waals surface area contributed by atoms with Gasteiger partial charge >= 0.3 is 0 Å². The molecule has 1 N–H and O–H groups in total. The summed E-state index contributed by atoms with van der Waals surface area (Å²) < 4.78 is 7.60. The molecule has 0 aliphatic carbocycles. The minimum Gasteiger partial charge on any atom is -0.436 e. The van der Waals surface area contributed by atoms with Crippen LogP contribution in [0, 0.1) is 0 Å². The summed E-state index contributed by atoms with van der Waals surface area (Å²) in [6.45, 7) is 0. The number of fused-ring (bicyclic) bond motifs is 1. The number of hydrogen-bond donors (Lipinski definition) is 1. The molecule has 1 aromatic heterocycles. The van der Waals surface area contributed by atoms with Crippen molar-refractivity contribution >= 4 is 54.6 Å². The van der Waals surface area contributed by atoms with Crippen molar-refractivity contribution in [3.63, 3.8) is 0 Å². The molecule has 0 radical (unpaired) electrons. The highest BCUT2D eigenvalue weighted by Crippen LogP contribution is 2.31. The van der Waals surface area contributed by atoms with Gasteiger partial charge in [0.15, 0.2) is 5.58 Å². The number of nitrogens with one attached hydrogen (secondary N) is 1. The van der Waals surface area contributed by atoms with E-state index >= 15 is 0 Å². The van der Waals surface area contributed by atoms with Gasteiger partial charge in [-0.2, -0.15) is 0 Å². The van der Waals surface area contributed by atoms with Crippen molar-refractivity contribution in [2.75, 3.05) is 5.32 Å². The van der Waals surface area contributed by atoms with Crippen molar-refractivity contribution in [1.29, 1.82) is 0 Å². The quantitative estimate of drug-likeness (QED) is 0.383.